The quantitative estimate of drug-likeness (QED) is 0.573. The van der Waals surface area contributed by atoms with Crippen LogP contribution in [0.2, 0.25) is 0 Å². The summed E-state index contributed by atoms with van der Waals surface area (Å²) in [6, 6.07) is 24.0. The van der Waals surface area contributed by atoms with Crippen molar-refractivity contribution in [3.05, 3.63) is 107 Å². The van der Waals surface area contributed by atoms with Crippen molar-refractivity contribution in [2.75, 3.05) is 32.7 Å². The number of aromatic carboxylic acids is 1. The Hall–Kier alpha value is -3.41. The maximum Gasteiger partial charge on any atom is 0.335 e. The van der Waals surface area contributed by atoms with E-state index in [1.165, 1.54) is 5.56 Å². The van der Waals surface area contributed by atoms with E-state index < -0.39 is 5.97 Å². The molecule has 2 heterocycles. The number of piperazine rings is 1. The first-order valence-corrected chi connectivity index (χ1v) is 11.9. The maximum atomic E-state index is 11.6. The number of fused-ring (bicyclic) bond motifs is 2. The smallest absolute Gasteiger partial charge is 0.335 e. The van der Waals surface area contributed by atoms with Crippen molar-refractivity contribution in [3.63, 3.8) is 0 Å². The number of hydrogen-bond donors (Lipinski definition) is 1. The third-order valence-corrected chi connectivity index (χ3v) is 6.72. The standard InChI is InChI=1S/C29H30N2O3/c32-29(33)23-12-13-28-27(19-23)26(25-10-5-4-9-24(25)21-34-28)11-6-14-30-15-17-31(18-16-30)20-22-7-2-1-3-8-22/h1-5,7-13,19H,6,14-18,20-21H2,(H,32,33)/b26-11-. The summed E-state index contributed by atoms with van der Waals surface area (Å²) < 4.78 is 6.05. The van der Waals surface area contributed by atoms with Crippen molar-refractivity contribution in [2.24, 2.45) is 0 Å². The molecule has 0 bridgehead atoms. The molecule has 1 fully saturated rings. The van der Waals surface area contributed by atoms with Crippen LogP contribution in [0.15, 0.2) is 78.9 Å². The summed E-state index contributed by atoms with van der Waals surface area (Å²) in [5.41, 5.74) is 5.82. The van der Waals surface area contributed by atoms with Gasteiger partial charge in [0, 0.05) is 44.8 Å². The van der Waals surface area contributed by atoms with E-state index in [-0.39, 0.29) is 5.56 Å². The minimum absolute atomic E-state index is 0.280. The highest BCUT2D eigenvalue weighted by atomic mass is 16.5. The topological polar surface area (TPSA) is 53.0 Å². The Morgan fingerprint density at radius 2 is 1.62 bits per heavy atom. The van der Waals surface area contributed by atoms with Crippen LogP contribution in [0.3, 0.4) is 0 Å². The van der Waals surface area contributed by atoms with Gasteiger partial charge in [-0.2, -0.15) is 0 Å². The molecule has 0 spiro atoms. The van der Waals surface area contributed by atoms with Gasteiger partial charge < -0.3 is 14.7 Å². The molecule has 34 heavy (non-hydrogen) atoms. The van der Waals surface area contributed by atoms with Crippen LogP contribution < -0.4 is 4.74 Å². The first-order valence-electron chi connectivity index (χ1n) is 11.9. The summed E-state index contributed by atoms with van der Waals surface area (Å²) in [5.74, 6) is -0.185. The van der Waals surface area contributed by atoms with E-state index in [0.717, 1.165) is 73.7 Å². The highest BCUT2D eigenvalue weighted by Gasteiger charge is 2.21. The van der Waals surface area contributed by atoms with Crippen LogP contribution in [0.4, 0.5) is 0 Å². The fraction of sp³-hybridized carbons (Fsp3) is 0.276. The van der Waals surface area contributed by atoms with E-state index >= 15 is 0 Å². The van der Waals surface area contributed by atoms with E-state index in [1.807, 2.05) is 12.1 Å². The first kappa shape index (κ1) is 22.4. The van der Waals surface area contributed by atoms with Crippen molar-refractivity contribution in [1.82, 2.24) is 9.80 Å². The summed E-state index contributed by atoms with van der Waals surface area (Å²) >= 11 is 0. The molecular formula is C29H30N2O3. The van der Waals surface area contributed by atoms with E-state index in [1.54, 1.807) is 18.2 Å². The van der Waals surface area contributed by atoms with Gasteiger partial charge in [-0.15, -0.1) is 0 Å². The molecule has 3 aromatic carbocycles. The van der Waals surface area contributed by atoms with E-state index in [0.29, 0.717) is 6.61 Å². The first-order chi connectivity index (χ1) is 16.7. The van der Waals surface area contributed by atoms with Crippen LogP contribution in [0.25, 0.3) is 5.57 Å². The predicted molar refractivity (Wildman–Crippen MR) is 134 cm³/mol. The minimum atomic E-state index is -0.923. The van der Waals surface area contributed by atoms with E-state index in [9.17, 15) is 9.90 Å². The number of carboxylic acids is 1. The van der Waals surface area contributed by atoms with Crippen LogP contribution in [0, 0.1) is 0 Å². The van der Waals surface area contributed by atoms with Gasteiger partial charge in [0.15, 0.2) is 0 Å². The highest BCUT2D eigenvalue weighted by molar-refractivity contribution is 5.92. The number of rotatable bonds is 6. The van der Waals surface area contributed by atoms with E-state index in [4.69, 9.17) is 4.74 Å². The van der Waals surface area contributed by atoms with Gasteiger partial charge in [0.2, 0.25) is 0 Å². The zero-order chi connectivity index (χ0) is 23.3. The molecule has 0 atom stereocenters. The van der Waals surface area contributed by atoms with Crippen molar-refractivity contribution >= 4 is 11.5 Å². The number of carboxylic acid groups (broad SMARTS) is 1. The molecule has 0 amide bonds. The van der Waals surface area contributed by atoms with Crippen molar-refractivity contribution < 1.29 is 14.6 Å². The number of benzene rings is 3. The molecule has 5 heteroatoms. The molecule has 1 saturated heterocycles. The Morgan fingerprint density at radius 3 is 2.41 bits per heavy atom. The van der Waals surface area contributed by atoms with Crippen molar-refractivity contribution in [3.8, 4) is 5.75 Å². The third kappa shape index (κ3) is 5.06. The lowest BCUT2D eigenvalue weighted by atomic mass is 9.92. The molecule has 0 radical (unpaired) electrons. The monoisotopic (exact) mass is 454 g/mol. The average Bonchev–Trinajstić information content (AvgIpc) is 3.02. The third-order valence-electron chi connectivity index (χ3n) is 6.72. The summed E-state index contributed by atoms with van der Waals surface area (Å²) in [5, 5.41) is 9.53. The van der Waals surface area contributed by atoms with Gasteiger partial charge in [-0.05, 0) is 46.9 Å². The van der Waals surface area contributed by atoms with Crippen LogP contribution >= 0.6 is 0 Å². The predicted octanol–water partition coefficient (Wildman–Crippen LogP) is 4.92. The fourth-order valence-corrected chi connectivity index (χ4v) is 4.83. The molecule has 2 aliphatic rings. The van der Waals surface area contributed by atoms with Gasteiger partial charge in [-0.25, -0.2) is 4.79 Å². The number of nitrogens with zero attached hydrogens (tertiary/aromatic N) is 2. The van der Waals surface area contributed by atoms with Crippen molar-refractivity contribution in [1.29, 1.82) is 0 Å². The molecule has 0 saturated carbocycles. The van der Waals surface area contributed by atoms with Crippen LogP contribution in [-0.4, -0.2) is 53.6 Å². The molecule has 5 rings (SSSR count). The lowest BCUT2D eigenvalue weighted by molar-refractivity contribution is 0.0697. The minimum Gasteiger partial charge on any atom is -0.488 e. The average molecular weight is 455 g/mol. The normalized spacial score (nSPS) is 17.5. The second-order valence-corrected chi connectivity index (χ2v) is 8.97. The molecule has 1 N–H and O–H groups in total. The Morgan fingerprint density at radius 1 is 0.882 bits per heavy atom. The second-order valence-electron chi connectivity index (χ2n) is 8.97. The van der Waals surface area contributed by atoms with Crippen LogP contribution in [0.1, 0.15) is 39.0 Å². The largest absolute Gasteiger partial charge is 0.488 e. The summed E-state index contributed by atoms with van der Waals surface area (Å²) in [6.45, 7) is 6.76. The van der Waals surface area contributed by atoms with E-state index in [2.05, 4.69) is 58.3 Å². The summed E-state index contributed by atoms with van der Waals surface area (Å²) in [6.07, 6.45) is 3.16. The van der Waals surface area contributed by atoms with Crippen molar-refractivity contribution in [2.45, 2.75) is 19.6 Å². The number of ether oxygens (including phenoxy) is 1. The molecular weight excluding hydrogens is 424 g/mol. The zero-order valence-corrected chi connectivity index (χ0v) is 19.3. The molecule has 3 aromatic rings. The lowest BCUT2D eigenvalue weighted by Gasteiger charge is -2.34. The number of hydrogen-bond acceptors (Lipinski definition) is 4. The van der Waals surface area contributed by atoms with Gasteiger partial charge >= 0.3 is 5.97 Å². The molecule has 174 valence electrons. The Balaban J connectivity index is 1.29. The molecule has 2 aliphatic heterocycles. The Labute approximate surface area is 200 Å². The Bertz CT molecular complexity index is 1180. The second kappa shape index (κ2) is 10.2. The lowest BCUT2D eigenvalue weighted by Crippen LogP contribution is -2.46. The molecule has 0 aliphatic carbocycles. The fourth-order valence-electron chi connectivity index (χ4n) is 4.83. The van der Waals surface area contributed by atoms with Gasteiger partial charge in [-0.1, -0.05) is 60.7 Å². The van der Waals surface area contributed by atoms with Gasteiger partial charge in [0.05, 0.1) is 5.56 Å². The Kier molecular flexibility index (Phi) is 6.74. The summed E-state index contributed by atoms with van der Waals surface area (Å²) in [4.78, 5) is 16.7. The number of carbonyl (C=O) groups is 1. The van der Waals surface area contributed by atoms with Gasteiger partial charge in [-0.3, -0.25) is 4.90 Å². The highest BCUT2D eigenvalue weighted by Crippen LogP contribution is 2.37. The SMILES string of the molecule is O=C(O)c1ccc2c(c1)/C(=C\CCN1CCN(Cc3ccccc3)CC1)c1ccccc1CO2. The molecule has 0 aromatic heterocycles. The van der Waals surface area contributed by atoms with Crippen LogP contribution in [-0.2, 0) is 13.2 Å². The maximum absolute atomic E-state index is 11.6. The van der Waals surface area contributed by atoms with Gasteiger partial charge in [0.1, 0.15) is 12.4 Å². The molecule has 0 unspecified atom stereocenters. The molecule has 5 nitrogen and oxygen atoms in total. The van der Waals surface area contributed by atoms with Crippen LogP contribution in [0.5, 0.6) is 5.75 Å². The summed E-state index contributed by atoms with van der Waals surface area (Å²) in [7, 11) is 0. The van der Waals surface area contributed by atoms with Gasteiger partial charge in [0.25, 0.3) is 0 Å². The zero-order valence-electron chi connectivity index (χ0n) is 19.3.